The van der Waals surface area contributed by atoms with Crippen molar-refractivity contribution in [1.29, 1.82) is 0 Å². The molecule has 0 saturated carbocycles. The zero-order valence-electron chi connectivity index (χ0n) is 12.1. The Morgan fingerprint density at radius 1 is 1.32 bits per heavy atom. The number of ketones is 1. The zero-order chi connectivity index (χ0) is 15.1. The van der Waals surface area contributed by atoms with Crippen LogP contribution in [0, 0.1) is 6.92 Å². The molecule has 5 nitrogen and oxygen atoms in total. The summed E-state index contributed by atoms with van der Waals surface area (Å²) in [5.74, 6) is 0.166. The lowest BCUT2D eigenvalue weighted by molar-refractivity contribution is 0.0973. The molecule has 0 aromatic carbocycles. The molecule has 4 rings (SSSR count). The van der Waals surface area contributed by atoms with Crippen LogP contribution in [0.15, 0.2) is 29.9 Å². The number of carbonyl (C=O) groups is 1. The predicted molar refractivity (Wildman–Crippen MR) is 84.5 cm³/mol. The van der Waals surface area contributed by atoms with Crippen LogP contribution in [-0.2, 0) is 6.42 Å². The van der Waals surface area contributed by atoms with Crippen molar-refractivity contribution < 1.29 is 4.79 Å². The predicted octanol–water partition coefficient (Wildman–Crippen LogP) is 3.22. The third kappa shape index (κ3) is 2.07. The van der Waals surface area contributed by atoms with Gasteiger partial charge in [0.05, 0.1) is 17.0 Å². The standard InChI is InChI=1S/C16H14N4OS/c1-10-9-22-16(18-10)20-12-5-2-6-13(21)14(12)15(19-20)11-4-3-7-17-8-11/h3-4,7-9H,2,5-6H2,1H3. The van der Waals surface area contributed by atoms with Gasteiger partial charge in [0.25, 0.3) is 0 Å². The molecular weight excluding hydrogens is 296 g/mol. The summed E-state index contributed by atoms with van der Waals surface area (Å²) in [6.07, 6.45) is 5.78. The summed E-state index contributed by atoms with van der Waals surface area (Å²) in [6, 6.07) is 3.80. The molecule has 0 fully saturated rings. The number of carbonyl (C=O) groups excluding carboxylic acids is 1. The molecule has 1 aliphatic rings. The maximum absolute atomic E-state index is 12.4. The molecule has 0 radical (unpaired) electrons. The molecular formula is C16H14N4OS. The Kier molecular flexibility index (Phi) is 3.11. The number of Topliss-reactive ketones (excluding diaryl/α,β-unsaturated/α-hetero) is 1. The largest absolute Gasteiger partial charge is 0.294 e. The average Bonchev–Trinajstić information content (AvgIpc) is 3.13. The van der Waals surface area contributed by atoms with Gasteiger partial charge in [-0.3, -0.25) is 9.78 Å². The van der Waals surface area contributed by atoms with Crippen LogP contribution in [0.5, 0.6) is 0 Å². The minimum absolute atomic E-state index is 0.166. The van der Waals surface area contributed by atoms with Crippen LogP contribution < -0.4 is 0 Å². The fourth-order valence-electron chi connectivity index (χ4n) is 2.82. The van der Waals surface area contributed by atoms with Crippen LogP contribution in [0.1, 0.15) is 34.6 Å². The van der Waals surface area contributed by atoms with E-state index in [0.29, 0.717) is 6.42 Å². The molecule has 0 saturated heterocycles. The van der Waals surface area contributed by atoms with E-state index in [1.165, 1.54) is 0 Å². The van der Waals surface area contributed by atoms with Gasteiger partial charge in [-0.2, -0.15) is 5.10 Å². The fraction of sp³-hybridized carbons (Fsp3) is 0.250. The van der Waals surface area contributed by atoms with Crippen LogP contribution in [0.3, 0.4) is 0 Å². The summed E-state index contributed by atoms with van der Waals surface area (Å²) < 4.78 is 1.84. The Labute approximate surface area is 131 Å². The van der Waals surface area contributed by atoms with Gasteiger partial charge in [0.1, 0.15) is 5.69 Å². The number of hydrogen-bond donors (Lipinski definition) is 0. The average molecular weight is 310 g/mol. The minimum atomic E-state index is 0.166. The Morgan fingerprint density at radius 3 is 2.95 bits per heavy atom. The van der Waals surface area contributed by atoms with E-state index in [1.807, 2.05) is 29.1 Å². The van der Waals surface area contributed by atoms with Crippen molar-refractivity contribution in [2.45, 2.75) is 26.2 Å². The topological polar surface area (TPSA) is 60.7 Å². The molecule has 3 heterocycles. The molecule has 0 amide bonds. The number of fused-ring (bicyclic) bond motifs is 1. The van der Waals surface area contributed by atoms with Crippen molar-refractivity contribution in [2.75, 3.05) is 0 Å². The highest BCUT2D eigenvalue weighted by Gasteiger charge is 2.28. The number of aromatic nitrogens is 4. The van der Waals surface area contributed by atoms with Gasteiger partial charge in [-0.15, -0.1) is 11.3 Å². The van der Waals surface area contributed by atoms with Gasteiger partial charge in [0, 0.05) is 29.8 Å². The Balaban J connectivity index is 1.96. The van der Waals surface area contributed by atoms with E-state index in [9.17, 15) is 4.79 Å². The van der Waals surface area contributed by atoms with E-state index in [1.54, 1.807) is 23.7 Å². The highest BCUT2D eigenvalue weighted by Crippen LogP contribution is 2.33. The molecule has 110 valence electrons. The Bertz CT molecular complexity index is 850. The lowest BCUT2D eigenvalue weighted by Crippen LogP contribution is -2.13. The van der Waals surface area contributed by atoms with Gasteiger partial charge in [0.15, 0.2) is 5.78 Å². The molecule has 0 atom stereocenters. The maximum atomic E-state index is 12.4. The highest BCUT2D eigenvalue weighted by molar-refractivity contribution is 7.12. The van der Waals surface area contributed by atoms with Gasteiger partial charge in [0.2, 0.25) is 5.13 Å². The van der Waals surface area contributed by atoms with E-state index >= 15 is 0 Å². The van der Waals surface area contributed by atoms with Crippen molar-refractivity contribution in [1.82, 2.24) is 19.7 Å². The van der Waals surface area contributed by atoms with Crippen molar-refractivity contribution in [2.24, 2.45) is 0 Å². The van der Waals surface area contributed by atoms with Gasteiger partial charge in [-0.25, -0.2) is 9.67 Å². The fourth-order valence-corrected chi connectivity index (χ4v) is 3.60. The second-order valence-electron chi connectivity index (χ2n) is 5.37. The Morgan fingerprint density at radius 2 is 2.23 bits per heavy atom. The number of nitrogens with zero attached hydrogens (tertiary/aromatic N) is 4. The van der Waals surface area contributed by atoms with E-state index in [0.717, 1.165) is 46.2 Å². The molecule has 0 N–H and O–H groups in total. The zero-order valence-corrected chi connectivity index (χ0v) is 12.9. The first kappa shape index (κ1) is 13.3. The van der Waals surface area contributed by atoms with E-state index < -0.39 is 0 Å². The molecule has 1 aliphatic carbocycles. The molecule has 0 unspecified atom stereocenters. The van der Waals surface area contributed by atoms with E-state index in [4.69, 9.17) is 5.10 Å². The van der Waals surface area contributed by atoms with Gasteiger partial charge in [-0.05, 0) is 31.9 Å². The summed E-state index contributed by atoms with van der Waals surface area (Å²) in [7, 11) is 0. The van der Waals surface area contributed by atoms with Gasteiger partial charge >= 0.3 is 0 Å². The maximum Gasteiger partial charge on any atom is 0.210 e. The SMILES string of the molecule is Cc1csc(-n2nc(-c3cccnc3)c3c2CCCC3=O)n1. The van der Waals surface area contributed by atoms with Gasteiger partial charge < -0.3 is 0 Å². The number of aryl methyl sites for hydroxylation is 1. The van der Waals surface area contributed by atoms with Crippen molar-refractivity contribution in [3.8, 4) is 16.4 Å². The van der Waals surface area contributed by atoms with Gasteiger partial charge in [-0.1, -0.05) is 0 Å². The summed E-state index contributed by atoms with van der Waals surface area (Å²) in [5.41, 5.74) is 4.28. The number of thiazole rings is 1. The number of hydrogen-bond acceptors (Lipinski definition) is 5. The van der Waals surface area contributed by atoms with Crippen molar-refractivity contribution in [3.05, 3.63) is 46.9 Å². The third-order valence-corrected chi connectivity index (χ3v) is 4.73. The second kappa shape index (κ2) is 5.14. The minimum Gasteiger partial charge on any atom is -0.294 e. The number of rotatable bonds is 2. The van der Waals surface area contributed by atoms with Crippen LogP contribution in [-0.4, -0.2) is 25.5 Å². The number of pyridine rings is 1. The van der Waals surface area contributed by atoms with Crippen LogP contribution >= 0.6 is 11.3 Å². The molecule has 6 heteroatoms. The lowest BCUT2D eigenvalue weighted by atomic mass is 9.93. The summed E-state index contributed by atoms with van der Waals surface area (Å²) in [6.45, 7) is 1.96. The smallest absolute Gasteiger partial charge is 0.210 e. The summed E-state index contributed by atoms with van der Waals surface area (Å²) in [5, 5.41) is 7.52. The molecule has 3 aromatic rings. The molecule has 0 aliphatic heterocycles. The van der Waals surface area contributed by atoms with Crippen LogP contribution in [0.2, 0.25) is 0 Å². The Hall–Kier alpha value is -2.34. The molecule has 22 heavy (non-hydrogen) atoms. The molecule has 3 aromatic heterocycles. The highest BCUT2D eigenvalue weighted by atomic mass is 32.1. The summed E-state index contributed by atoms with van der Waals surface area (Å²) in [4.78, 5) is 21.1. The van der Waals surface area contributed by atoms with Crippen molar-refractivity contribution >= 4 is 17.1 Å². The van der Waals surface area contributed by atoms with Crippen molar-refractivity contribution in [3.63, 3.8) is 0 Å². The van der Waals surface area contributed by atoms with E-state index in [2.05, 4.69) is 9.97 Å². The molecule has 0 spiro atoms. The lowest BCUT2D eigenvalue weighted by Gasteiger charge is -2.12. The first-order chi connectivity index (χ1) is 10.7. The monoisotopic (exact) mass is 310 g/mol. The summed E-state index contributed by atoms with van der Waals surface area (Å²) >= 11 is 1.55. The first-order valence-corrected chi connectivity index (χ1v) is 8.10. The van der Waals surface area contributed by atoms with Crippen LogP contribution in [0.25, 0.3) is 16.4 Å². The van der Waals surface area contributed by atoms with E-state index in [-0.39, 0.29) is 5.78 Å². The molecule has 0 bridgehead atoms. The third-order valence-electron chi connectivity index (χ3n) is 3.80. The normalized spacial score (nSPS) is 14.1. The second-order valence-corrected chi connectivity index (χ2v) is 6.21. The quantitative estimate of drug-likeness (QED) is 0.729. The van der Waals surface area contributed by atoms with Crippen LogP contribution in [0.4, 0.5) is 0 Å². The first-order valence-electron chi connectivity index (χ1n) is 7.22.